The van der Waals surface area contributed by atoms with E-state index in [1.54, 1.807) is 0 Å². The molecule has 1 aromatic rings. The van der Waals surface area contributed by atoms with Crippen molar-refractivity contribution in [2.24, 2.45) is 0 Å². The van der Waals surface area contributed by atoms with Crippen molar-refractivity contribution in [1.29, 1.82) is 0 Å². The van der Waals surface area contributed by atoms with E-state index in [-0.39, 0.29) is 0 Å². The van der Waals surface area contributed by atoms with Crippen LogP contribution in [0.25, 0.3) is 0 Å². The summed E-state index contributed by atoms with van der Waals surface area (Å²) < 4.78 is 5.47. The first-order valence-corrected chi connectivity index (χ1v) is 7.05. The molecule has 102 valence electrons. The Balaban J connectivity index is 2.64. The predicted octanol–water partition coefficient (Wildman–Crippen LogP) is 3.25. The Hall–Kier alpha value is -0.860. The number of hydrogen-bond acceptors (Lipinski definition) is 2. The number of nitrogens with one attached hydrogen (secondary N) is 1. The quantitative estimate of drug-likeness (QED) is 0.714. The average Bonchev–Trinajstić information content (AvgIpc) is 2.34. The lowest BCUT2D eigenvalue weighted by molar-refractivity contribution is 0.136. The maximum atomic E-state index is 5.47. The van der Waals surface area contributed by atoms with Crippen LogP contribution in [0.3, 0.4) is 0 Å². The first-order valence-electron chi connectivity index (χ1n) is 7.05. The molecule has 0 amide bonds. The molecule has 0 aliphatic carbocycles. The van der Waals surface area contributed by atoms with E-state index in [1.807, 2.05) is 6.92 Å². The molecule has 0 fully saturated rings. The third-order valence-electron chi connectivity index (χ3n) is 3.40. The summed E-state index contributed by atoms with van der Waals surface area (Å²) in [7, 11) is 0. The summed E-state index contributed by atoms with van der Waals surface area (Å²) in [6.07, 6.45) is 2.18. The molecule has 0 aliphatic rings. The predicted molar refractivity (Wildman–Crippen MR) is 78.2 cm³/mol. The van der Waals surface area contributed by atoms with Gasteiger partial charge in [-0.25, -0.2) is 0 Å². The molecule has 0 heterocycles. The summed E-state index contributed by atoms with van der Waals surface area (Å²) in [5.74, 6) is 0. The van der Waals surface area contributed by atoms with E-state index in [0.717, 1.165) is 32.6 Å². The topological polar surface area (TPSA) is 21.3 Å². The van der Waals surface area contributed by atoms with Crippen molar-refractivity contribution in [3.05, 3.63) is 34.9 Å². The van der Waals surface area contributed by atoms with Crippen LogP contribution in [0.15, 0.2) is 18.2 Å². The second-order valence-electron chi connectivity index (χ2n) is 4.81. The maximum absolute atomic E-state index is 5.47. The zero-order valence-electron chi connectivity index (χ0n) is 12.3. The molecule has 0 radical (unpaired) electrons. The van der Waals surface area contributed by atoms with E-state index in [9.17, 15) is 0 Å². The largest absolute Gasteiger partial charge is 0.382 e. The summed E-state index contributed by atoms with van der Waals surface area (Å²) in [5.41, 5.74) is 4.28. The van der Waals surface area contributed by atoms with Crippen LogP contribution < -0.4 is 5.32 Å². The van der Waals surface area contributed by atoms with Gasteiger partial charge in [-0.05, 0) is 56.8 Å². The van der Waals surface area contributed by atoms with Gasteiger partial charge in [0.05, 0.1) is 0 Å². The Labute approximate surface area is 112 Å². The van der Waals surface area contributed by atoms with Crippen molar-refractivity contribution in [1.82, 2.24) is 5.32 Å². The SMILES string of the molecule is CCNC(CCOCC)Cc1c(C)cccc1C. The molecule has 2 heteroatoms. The highest BCUT2D eigenvalue weighted by molar-refractivity contribution is 5.34. The third kappa shape index (κ3) is 4.79. The molecule has 18 heavy (non-hydrogen) atoms. The van der Waals surface area contributed by atoms with E-state index in [1.165, 1.54) is 16.7 Å². The lowest BCUT2D eigenvalue weighted by Crippen LogP contribution is -2.32. The van der Waals surface area contributed by atoms with Crippen molar-refractivity contribution in [2.75, 3.05) is 19.8 Å². The minimum absolute atomic E-state index is 0.515. The molecule has 0 aliphatic heterocycles. The Morgan fingerprint density at radius 2 is 1.83 bits per heavy atom. The van der Waals surface area contributed by atoms with Crippen LogP contribution in [0.2, 0.25) is 0 Å². The van der Waals surface area contributed by atoms with Gasteiger partial charge >= 0.3 is 0 Å². The molecule has 0 aromatic heterocycles. The summed E-state index contributed by atoms with van der Waals surface area (Å²) in [6.45, 7) is 11.3. The van der Waals surface area contributed by atoms with E-state index >= 15 is 0 Å². The van der Waals surface area contributed by atoms with Gasteiger partial charge in [-0.2, -0.15) is 0 Å². The highest BCUT2D eigenvalue weighted by Gasteiger charge is 2.11. The van der Waals surface area contributed by atoms with Crippen molar-refractivity contribution in [3.8, 4) is 0 Å². The molecule has 1 rings (SSSR count). The lowest BCUT2D eigenvalue weighted by Gasteiger charge is -2.20. The summed E-state index contributed by atoms with van der Waals surface area (Å²) in [4.78, 5) is 0. The van der Waals surface area contributed by atoms with Gasteiger partial charge in [-0.15, -0.1) is 0 Å². The van der Waals surface area contributed by atoms with E-state index in [0.29, 0.717) is 6.04 Å². The molecular formula is C16H27NO. The van der Waals surface area contributed by atoms with Crippen LogP contribution in [0.4, 0.5) is 0 Å². The maximum Gasteiger partial charge on any atom is 0.0480 e. The number of benzene rings is 1. The normalized spacial score (nSPS) is 12.7. The molecule has 1 atom stereocenters. The molecular weight excluding hydrogens is 222 g/mol. The third-order valence-corrected chi connectivity index (χ3v) is 3.40. The average molecular weight is 249 g/mol. The second-order valence-corrected chi connectivity index (χ2v) is 4.81. The van der Waals surface area contributed by atoms with Gasteiger partial charge in [-0.1, -0.05) is 25.1 Å². The Kier molecular flexibility index (Phi) is 6.99. The zero-order valence-corrected chi connectivity index (χ0v) is 12.3. The van der Waals surface area contributed by atoms with Crippen molar-refractivity contribution in [2.45, 2.75) is 46.6 Å². The van der Waals surface area contributed by atoms with Gasteiger partial charge < -0.3 is 10.1 Å². The molecule has 0 saturated heterocycles. The number of likely N-dealkylation sites (N-methyl/N-ethyl adjacent to an activating group) is 1. The molecule has 2 nitrogen and oxygen atoms in total. The van der Waals surface area contributed by atoms with Gasteiger partial charge in [0.25, 0.3) is 0 Å². The molecule has 0 bridgehead atoms. The van der Waals surface area contributed by atoms with Crippen LogP contribution in [-0.2, 0) is 11.2 Å². The van der Waals surface area contributed by atoms with E-state index in [4.69, 9.17) is 4.74 Å². The van der Waals surface area contributed by atoms with Crippen LogP contribution in [0.1, 0.15) is 37.0 Å². The molecule has 1 unspecified atom stereocenters. The smallest absolute Gasteiger partial charge is 0.0480 e. The van der Waals surface area contributed by atoms with Gasteiger partial charge in [0.2, 0.25) is 0 Å². The van der Waals surface area contributed by atoms with E-state index in [2.05, 4.69) is 44.3 Å². The highest BCUT2D eigenvalue weighted by atomic mass is 16.5. The van der Waals surface area contributed by atoms with Gasteiger partial charge in [0.1, 0.15) is 0 Å². The number of hydrogen-bond donors (Lipinski definition) is 1. The minimum Gasteiger partial charge on any atom is -0.382 e. The van der Waals surface area contributed by atoms with Crippen LogP contribution in [-0.4, -0.2) is 25.8 Å². The number of ether oxygens (including phenoxy) is 1. The van der Waals surface area contributed by atoms with Crippen molar-refractivity contribution >= 4 is 0 Å². The Morgan fingerprint density at radius 3 is 2.39 bits per heavy atom. The monoisotopic (exact) mass is 249 g/mol. The molecule has 1 N–H and O–H groups in total. The number of rotatable bonds is 8. The first kappa shape index (κ1) is 15.2. The zero-order chi connectivity index (χ0) is 13.4. The lowest BCUT2D eigenvalue weighted by atomic mass is 9.95. The van der Waals surface area contributed by atoms with Crippen LogP contribution >= 0.6 is 0 Å². The summed E-state index contributed by atoms with van der Waals surface area (Å²) in [6, 6.07) is 7.06. The summed E-state index contributed by atoms with van der Waals surface area (Å²) in [5, 5.41) is 3.56. The van der Waals surface area contributed by atoms with Crippen molar-refractivity contribution < 1.29 is 4.74 Å². The van der Waals surface area contributed by atoms with E-state index < -0.39 is 0 Å². The fourth-order valence-corrected chi connectivity index (χ4v) is 2.35. The van der Waals surface area contributed by atoms with Crippen molar-refractivity contribution in [3.63, 3.8) is 0 Å². The highest BCUT2D eigenvalue weighted by Crippen LogP contribution is 2.16. The molecule has 0 spiro atoms. The number of aryl methyl sites for hydroxylation is 2. The fraction of sp³-hybridized carbons (Fsp3) is 0.625. The summed E-state index contributed by atoms with van der Waals surface area (Å²) >= 11 is 0. The van der Waals surface area contributed by atoms with Gasteiger partial charge in [-0.3, -0.25) is 0 Å². The molecule has 0 saturated carbocycles. The van der Waals surface area contributed by atoms with Crippen LogP contribution in [0.5, 0.6) is 0 Å². The molecule has 1 aromatic carbocycles. The Morgan fingerprint density at radius 1 is 1.17 bits per heavy atom. The minimum atomic E-state index is 0.515. The van der Waals surface area contributed by atoms with Gasteiger partial charge in [0, 0.05) is 19.3 Å². The van der Waals surface area contributed by atoms with Gasteiger partial charge in [0.15, 0.2) is 0 Å². The fourth-order valence-electron chi connectivity index (χ4n) is 2.35. The first-order chi connectivity index (χ1) is 8.69. The Bertz CT molecular complexity index is 329. The van der Waals surface area contributed by atoms with Crippen LogP contribution in [0, 0.1) is 13.8 Å². The second kappa shape index (κ2) is 8.28. The standard InChI is InChI=1S/C16H27NO/c1-5-17-15(10-11-18-6-2)12-16-13(3)8-7-9-14(16)4/h7-9,15,17H,5-6,10-12H2,1-4H3.